The molecule has 0 radical (unpaired) electrons. The minimum atomic E-state index is -2.46. The molecule has 0 saturated heterocycles. The summed E-state index contributed by atoms with van der Waals surface area (Å²) in [5.74, 6) is 0. The lowest BCUT2D eigenvalue weighted by molar-refractivity contribution is 0.601. The number of thiol groups is 1. The second-order valence-corrected chi connectivity index (χ2v) is 5.10. The maximum absolute atomic E-state index is 11.3. The van der Waals surface area contributed by atoms with Crippen molar-refractivity contribution < 1.29 is 8.42 Å². The summed E-state index contributed by atoms with van der Waals surface area (Å²) in [5, 5.41) is -0.436. The van der Waals surface area contributed by atoms with Crippen LogP contribution in [0.3, 0.4) is 0 Å². The van der Waals surface area contributed by atoms with Crippen molar-refractivity contribution in [1.29, 1.82) is 0 Å². The van der Waals surface area contributed by atoms with E-state index in [-0.39, 0.29) is 0 Å². The molecule has 0 amide bonds. The molecule has 17 heavy (non-hydrogen) atoms. The van der Waals surface area contributed by atoms with Crippen LogP contribution in [0.1, 0.15) is 16.4 Å². The molecule has 2 rings (SSSR count). The SMILES string of the molecule is O=[SH](=O)C(Cc1ccccc1)c1ccccc1. The number of hydrogen-bond donors (Lipinski definition) is 1. The Morgan fingerprint density at radius 1 is 0.824 bits per heavy atom. The minimum absolute atomic E-state index is 0.436. The van der Waals surface area contributed by atoms with Gasteiger partial charge in [0.2, 0.25) is 0 Å². The van der Waals surface area contributed by atoms with Crippen LogP contribution in [0.4, 0.5) is 0 Å². The highest BCUT2D eigenvalue weighted by molar-refractivity contribution is 7.72. The van der Waals surface area contributed by atoms with Crippen molar-refractivity contribution in [3.05, 3.63) is 71.8 Å². The van der Waals surface area contributed by atoms with E-state index >= 15 is 0 Å². The lowest BCUT2D eigenvalue weighted by atomic mass is 10.0. The molecular formula is C14H14O2S. The van der Waals surface area contributed by atoms with Crippen LogP contribution in [0.15, 0.2) is 60.7 Å². The van der Waals surface area contributed by atoms with E-state index < -0.39 is 16.0 Å². The number of hydrogen-bond acceptors (Lipinski definition) is 2. The van der Waals surface area contributed by atoms with Gasteiger partial charge in [0.1, 0.15) is 10.7 Å². The standard InChI is InChI=1S/C14H14O2S/c15-17(16)14(13-9-5-2-6-10-13)11-12-7-3-1-4-8-12/h1-10,14,17H,11H2. The summed E-state index contributed by atoms with van der Waals surface area (Å²) in [6, 6.07) is 19.0. The van der Waals surface area contributed by atoms with Crippen LogP contribution in [0.2, 0.25) is 0 Å². The molecule has 2 aromatic rings. The third-order valence-electron chi connectivity index (χ3n) is 2.71. The van der Waals surface area contributed by atoms with E-state index in [0.717, 1.165) is 11.1 Å². The average Bonchev–Trinajstić information content (AvgIpc) is 2.38. The van der Waals surface area contributed by atoms with Crippen LogP contribution in [0.5, 0.6) is 0 Å². The summed E-state index contributed by atoms with van der Waals surface area (Å²) < 4.78 is 22.7. The molecule has 0 aliphatic rings. The van der Waals surface area contributed by atoms with E-state index in [9.17, 15) is 8.42 Å². The van der Waals surface area contributed by atoms with Gasteiger partial charge in [-0.05, 0) is 17.5 Å². The van der Waals surface area contributed by atoms with Crippen molar-refractivity contribution in [2.45, 2.75) is 11.7 Å². The van der Waals surface area contributed by atoms with Crippen LogP contribution in [0, 0.1) is 0 Å². The topological polar surface area (TPSA) is 34.1 Å². The smallest absolute Gasteiger partial charge is 0.147 e. The summed E-state index contributed by atoms with van der Waals surface area (Å²) in [6.07, 6.45) is 0.531. The van der Waals surface area contributed by atoms with Crippen molar-refractivity contribution in [2.24, 2.45) is 0 Å². The van der Waals surface area contributed by atoms with Crippen LogP contribution < -0.4 is 0 Å². The molecule has 0 aliphatic carbocycles. The van der Waals surface area contributed by atoms with Crippen LogP contribution in [-0.4, -0.2) is 8.42 Å². The fraction of sp³-hybridized carbons (Fsp3) is 0.143. The summed E-state index contributed by atoms with van der Waals surface area (Å²) in [4.78, 5) is 0. The predicted octanol–water partition coefficient (Wildman–Crippen LogP) is 2.58. The van der Waals surface area contributed by atoms with E-state index in [2.05, 4.69) is 0 Å². The fourth-order valence-electron chi connectivity index (χ4n) is 1.83. The lowest BCUT2D eigenvalue weighted by Crippen LogP contribution is -2.04. The first-order valence-electron chi connectivity index (χ1n) is 5.50. The first-order valence-corrected chi connectivity index (χ1v) is 6.74. The van der Waals surface area contributed by atoms with Crippen LogP contribution >= 0.6 is 0 Å². The first-order chi connectivity index (χ1) is 8.27. The number of rotatable bonds is 4. The zero-order valence-corrected chi connectivity index (χ0v) is 10.2. The van der Waals surface area contributed by atoms with Crippen LogP contribution in [0.25, 0.3) is 0 Å². The van der Waals surface area contributed by atoms with E-state index in [1.165, 1.54) is 0 Å². The van der Waals surface area contributed by atoms with Gasteiger partial charge in [0.15, 0.2) is 0 Å². The molecule has 1 unspecified atom stereocenters. The Labute approximate surface area is 103 Å². The summed E-state index contributed by atoms with van der Waals surface area (Å²) in [5.41, 5.74) is 1.90. The normalized spacial score (nSPS) is 12.5. The number of benzene rings is 2. The highest BCUT2D eigenvalue weighted by Crippen LogP contribution is 2.21. The van der Waals surface area contributed by atoms with Crippen molar-refractivity contribution in [1.82, 2.24) is 0 Å². The van der Waals surface area contributed by atoms with Crippen molar-refractivity contribution in [3.8, 4) is 0 Å². The maximum atomic E-state index is 11.3. The van der Waals surface area contributed by atoms with Gasteiger partial charge in [0.05, 0.1) is 5.25 Å². The molecule has 0 bridgehead atoms. The molecule has 0 N–H and O–H groups in total. The Morgan fingerprint density at radius 3 is 1.88 bits per heavy atom. The average molecular weight is 246 g/mol. The van der Waals surface area contributed by atoms with Gasteiger partial charge in [-0.15, -0.1) is 0 Å². The lowest BCUT2D eigenvalue weighted by Gasteiger charge is -2.10. The Bertz CT molecular complexity index is 525. The maximum Gasteiger partial charge on any atom is 0.147 e. The molecule has 0 spiro atoms. The Kier molecular flexibility index (Phi) is 3.94. The molecular weight excluding hydrogens is 232 g/mol. The third kappa shape index (κ3) is 3.17. The van der Waals surface area contributed by atoms with Gasteiger partial charge < -0.3 is 0 Å². The Balaban J connectivity index is 2.26. The summed E-state index contributed by atoms with van der Waals surface area (Å²) in [6.45, 7) is 0. The third-order valence-corrected chi connectivity index (χ3v) is 3.70. The van der Waals surface area contributed by atoms with E-state index in [1.54, 1.807) is 0 Å². The molecule has 2 aromatic carbocycles. The highest BCUT2D eigenvalue weighted by atomic mass is 32.2. The van der Waals surface area contributed by atoms with Gasteiger partial charge in [0.25, 0.3) is 0 Å². The first kappa shape index (κ1) is 11.9. The van der Waals surface area contributed by atoms with Gasteiger partial charge >= 0.3 is 0 Å². The van der Waals surface area contributed by atoms with E-state index in [1.807, 2.05) is 60.7 Å². The Hall–Kier alpha value is -1.61. The van der Waals surface area contributed by atoms with Crippen molar-refractivity contribution in [2.75, 3.05) is 0 Å². The van der Waals surface area contributed by atoms with Gasteiger partial charge in [-0.2, -0.15) is 0 Å². The molecule has 88 valence electrons. The molecule has 3 heteroatoms. The van der Waals surface area contributed by atoms with Gasteiger partial charge in [0, 0.05) is 0 Å². The van der Waals surface area contributed by atoms with Crippen molar-refractivity contribution in [3.63, 3.8) is 0 Å². The van der Waals surface area contributed by atoms with Gasteiger partial charge in [-0.3, -0.25) is 0 Å². The zero-order valence-electron chi connectivity index (χ0n) is 9.32. The zero-order chi connectivity index (χ0) is 12.1. The minimum Gasteiger partial charge on any atom is -0.231 e. The predicted molar refractivity (Wildman–Crippen MR) is 69.6 cm³/mol. The van der Waals surface area contributed by atoms with E-state index in [0.29, 0.717) is 6.42 Å². The van der Waals surface area contributed by atoms with Gasteiger partial charge in [-0.25, -0.2) is 8.42 Å². The molecule has 0 aromatic heterocycles. The highest BCUT2D eigenvalue weighted by Gasteiger charge is 2.14. The fourth-order valence-corrected chi connectivity index (χ4v) is 2.60. The summed E-state index contributed by atoms with van der Waals surface area (Å²) in [7, 11) is -2.46. The molecule has 0 aliphatic heterocycles. The second-order valence-electron chi connectivity index (χ2n) is 3.90. The quantitative estimate of drug-likeness (QED) is 0.841. The summed E-state index contributed by atoms with van der Waals surface area (Å²) >= 11 is 0. The molecule has 2 nitrogen and oxygen atoms in total. The second kappa shape index (κ2) is 5.64. The molecule has 0 saturated carbocycles. The van der Waals surface area contributed by atoms with E-state index in [4.69, 9.17) is 0 Å². The molecule has 1 atom stereocenters. The monoisotopic (exact) mass is 246 g/mol. The van der Waals surface area contributed by atoms with Gasteiger partial charge in [-0.1, -0.05) is 60.7 Å². The Morgan fingerprint density at radius 2 is 1.35 bits per heavy atom. The molecule has 0 fully saturated rings. The largest absolute Gasteiger partial charge is 0.231 e. The molecule has 0 heterocycles. The van der Waals surface area contributed by atoms with Crippen molar-refractivity contribution >= 4 is 10.7 Å². The van der Waals surface area contributed by atoms with Crippen LogP contribution in [-0.2, 0) is 17.1 Å².